The summed E-state index contributed by atoms with van der Waals surface area (Å²) >= 11 is 0. The summed E-state index contributed by atoms with van der Waals surface area (Å²) in [5.74, 6) is 1.51. The fourth-order valence-electron chi connectivity index (χ4n) is 2.36. The molecule has 0 saturated carbocycles. The first-order chi connectivity index (χ1) is 11.3. The zero-order valence-corrected chi connectivity index (χ0v) is 13.5. The molecule has 0 amide bonds. The number of unbranched alkanes of at least 4 members (excludes halogenated alkanes) is 1. The molecule has 0 aliphatic rings. The highest BCUT2D eigenvalue weighted by Crippen LogP contribution is 2.18. The van der Waals surface area contributed by atoms with Crippen molar-refractivity contribution >= 4 is 11.0 Å². The summed E-state index contributed by atoms with van der Waals surface area (Å²) in [6.45, 7) is 3.50. The molecule has 23 heavy (non-hydrogen) atoms. The average Bonchev–Trinajstić information content (AvgIpc) is 2.98. The van der Waals surface area contributed by atoms with E-state index in [2.05, 4.69) is 17.0 Å². The van der Waals surface area contributed by atoms with Crippen molar-refractivity contribution < 1.29 is 9.47 Å². The Hall–Kier alpha value is -2.56. The topological polar surface area (TPSA) is 49.2 Å². The van der Waals surface area contributed by atoms with Gasteiger partial charge in [0.2, 0.25) is 5.88 Å². The first-order valence-electron chi connectivity index (χ1n) is 7.88. The minimum absolute atomic E-state index is 0.655. The third kappa shape index (κ3) is 3.62. The second-order valence-electron chi connectivity index (χ2n) is 5.41. The zero-order chi connectivity index (χ0) is 16.1. The molecular weight excluding hydrogens is 290 g/mol. The molecule has 0 saturated heterocycles. The minimum atomic E-state index is 0.655. The SMILES string of the molecule is CCCCOc1ccc2cnn(Cc3ccc(OC)cc3)c2n1. The fourth-order valence-corrected chi connectivity index (χ4v) is 2.36. The summed E-state index contributed by atoms with van der Waals surface area (Å²) in [6, 6.07) is 11.9. The number of nitrogens with zero attached hydrogens (tertiary/aromatic N) is 3. The van der Waals surface area contributed by atoms with E-state index < -0.39 is 0 Å². The molecule has 0 aliphatic carbocycles. The van der Waals surface area contributed by atoms with Crippen LogP contribution in [0.3, 0.4) is 0 Å². The van der Waals surface area contributed by atoms with Gasteiger partial charge in [-0.25, -0.2) is 4.68 Å². The number of hydrogen-bond acceptors (Lipinski definition) is 4. The van der Waals surface area contributed by atoms with E-state index >= 15 is 0 Å². The van der Waals surface area contributed by atoms with Crippen molar-refractivity contribution in [3.8, 4) is 11.6 Å². The normalized spacial score (nSPS) is 10.9. The maximum Gasteiger partial charge on any atom is 0.215 e. The first-order valence-corrected chi connectivity index (χ1v) is 7.88. The molecule has 0 aliphatic heterocycles. The molecule has 2 heterocycles. The maximum absolute atomic E-state index is 5.69. The van der Waals surface area contributed by atoms with Crippen molar-refractivity contribution in [3.05, 3.63) is 48.2 Å². The van der Waals surface area contributed by atoms with Crippen LogP contribution in [0.25, 0.3) is 11.0 Å². The Kier molecular flexibility index (Phi) is 4.76. The van der Waals surface area contributed by atoms with Crippen molar-refractivity contribution in [1.29, 1.82) is 0 Å². The number of aromatic nitrogens is 3. The van der Waals surface area contributed by atoms with Crippen molar-refractivity contribution in [2.45, 2.75) is 26.3 Å². The van der Waals surface area contributed by atoms with E-state index in [1.165, 1.54) is 0 Å². The number of rotatable bonds is 7. The summed E-state index contributed by atoms with van der Waals surface area (Å²) in [6.07, 6.45) is 3.98. The molecule has 3 rings (SSSR count). The molecule has 0 bridgehead atoms. The fraction of sp³-hybridized carbons (Fsp3) is 0.333. The molecule has 5 heteroatoms. The molecule has 0 unspecified atom stereocenters. The van der Waals surface area contributed by atoms with Crippen LogP contribution in [-0.4, -0.2) is 28.5 Å². The van der Waals surface area contributed by atoms with Gasteiger partial charge in [-0.3, -0.25) is 0 Å². The van der Waals surface area contributed by atoms with Gasteiger partial charge in [-0.1, -0.05) is 25.5 Å². The van der Waals surface area contributed by atoms with Gasteiger partial charge in [-0.05, 0) is 30.2 Å². The van der Waals surface area contributed by atoms with E-state index in [0.717, 1.165) is 35.2 Å². The number of fused-ring (bicyclic) bond motifs is 1. The smallest absolute Gasteiger partial charge is 0.215 e. The van der Waals surface area contributed by atoms with E-state index in [9.17, 15) is 0 Å². The van der Waals surface area contributed by atoms with Crippen LogP contribution in [0.1, 0.15) is 25.3 Å². The minimum Gasteiger partial charge on any atom is -0.497 e. The monoisotopic (exact) mass is 311 g/mol. The molecule has 0 fully saturated rings. The van der Waals surface area contributed by atoms with E-state index in [4.69, 9.17) is 9.47 Å². The van der Waals surface area contributed by atoms with Gasteiger partial charge in [0, 0.05) is 11.5 Å². The van der Waals surface area contributed by atoms with E-state index in [1.54, 1.807) is 7.11 Å². The molecule has 5 nitrogen and oxygen atoms in total. The van der Waals surface area contributed by atoms with Gasteiger partial charge in [0.05, 0.1) is 26.5 Å². The van der Waals surface area contributed by atoms with Crippen LogP contribution in [-0.2, 0) is 6.54 Å². The Morgan fingerprint density at radius 1 is 1.09 bits per heavy atom. The summed E-state index contributed by atoms with van der Waals surface area (Å²) in [5.41, 5.74) is 1.99. The van der Waals surface area contributed by atoms with Crippen molar-refractivity contribution in [1.82, 2.24) is 14.8 Å². The van der Waals surface area contributed by atoms with E-state index in [1.807, 2.05) is 47.3 Å². The lowest BCUT2D eigenvalue weighted by Crippen LogP contribution is -2.04. The quantitative estimate of drug-likeness (QED) is 0.625. The number of pyridine rings is 1. The lowest BCUT2D eigenvalue weighted by molar-refractivity contribution is 0.298. The number of benzene rings is 1. The Morgan fingerprint density at radius 2 is 1.91 bits per heavy atom. The average molecular weight is 311 g/mol. The number of hydrogen-bond donors (Lipinski definition) is 0. The van der Waals surface area contributed by atoms with Crippen molar-refractivity contribution in [2.24, 2.45) is 0 Å². The van der Waals surface area contributed by atoms with Crippen LogP contribution in [0.2, 0.25) is 0 Å². The second-order valence-corrected chi connectivity index (χ2v) is 5.41. The van der Waals surface area contributed by atoms with Crippen LogP contribution < -0.4 is 9.47 Å². The van der Waals surface area contributed by atoms with Gasteiger partial charge in [0.15, 0.2) is 5.65 Å². The maximum atomic E-state index is 5.69. The molecule has 0 N–H and O–H groups in total. The standard InChI is InChI=1S/C18H21N3O2/c1-3-4-11-23-17-10-7-15-12-19-21(18(15)20-17)13-14-5-8-16(22-2)9-6-14/h5-10,12H,3-4,11,13H2,1-2H3. The molecule has 3 aromatic rings. The van der Waals surface area contributed by atoms with Crippen LogP contribution >= 0.6 is 0 Å². The Balaban J connectivity index is 1.80. The van der Waals surface area contributed by atoms with E-state index in [-0.39, 0.29) is 0 Å². The van der Waals surface area contributed by atoms with Crippen LogP contribution in [0.5, 0.6) is 11.6 Å². The predicted molar refractivity (Wildman–Crippen MR) is 90.0 cm³/mol. The highest BCUT2D eigenvalue weighted by atomic mass is 16.5. The third-order valence-electron chi connectivity index (χ3n) is 3.70. The molecule has 0 spiro atoms. The van der Waals surface area contributed by atoms with Gasteiger partial charge in [0.1, 0.15) is 5.75 Å². The number of ether oxygens (including phenoxy) is 2. The largest absolute Gasteiger partial charge is 0.497 e. The van der Waals surface area contributed by atoms with Crippen LogP contribution in [0, 0.1) is 0 Å². The highest BCUT2D eigenvalue weighted by molar-refractivity contribution is 5.75. The molecule has 120 valence electrons. The Morgan fingerprint density at radius 3 is 2.65 bits per heavy atom. The van der Waals surface area contributed by atoms with Crippen molar-refractivity contribution in [2.75, 3.05) is 13.7 Å². The molecule has 2 aromatic heterocycles. The first kappa shape index (κ1) is 15.3. The van der Waals surface area contributed by atoms with Crippen LogP contribution in [0.15, 0.2) is 42.6 Å². The van der Waals surface area contributed by atoms with Gasteiger partial charge < -0.3 is 9.47 Å². The zero-order valence-electron chi connectivity index (χ0n) is 13.5. The summed E-state index contributed by atoms with van der Waals surface area (Å²) in [5, 5.41) is 5.45. The summed E-state index contributed by atoms with van der Waals surface area (Å²) in [7, 11) is 1.67. The summed E-state index contributed by atoms with van der Waals surface area (Å²) in [4.78, 5) is 4.59. The lowest BCUT2D eigenvalue weighted by Gasteiger charge is -2.07. The highest BCUT2D eigenvalue weighted by Gasteiger charge is 2.07. The van der Waals surface area contributed by atoms with Gasteiger partial charge in [-0.15, -0.1) is 0 Å². The lowest BCUT2D eigenvalue weighted by atomic mass is 10.2. The molecule has 0 atom stereocenters. The Bertz CT molecular complexity index is 766. The van der Waals surface area contributed by atoms with E-state index in [0.29, 0.717) is 19.0 Å². The Labute approximate surface area is 135 Å². The van der Waals surface area contributed by atoms with Crippen LogP contribution in [0.4, 0.5) is 0 Å². The van der Waals surface area contributed by atoms with Crippen molar-refractivity contribution in [3.63, 3.8) is 0 Å². The second kappa shape index (κ2) is 7.13. The summed E-state index contributed by atoms with van der Waals surface area (Å²) < 4.78 is 12.8. The molecule has 1 aromatic carbocycles. The van der Waals surface area contributed by atoms with Gasteiger partial charge in [-0.2, -0.15) is 10.1 Å². The number of methoxy groups -OCH3 is 1. The third-order valence-corrected chi connectivity index (χ3v) is 3.70. The predicted octanol–water partition coefficient (Wildman–Crippen LogP) is 3.67. The molecular formula is C18H21N3O2. The van der Waals surface area contributed by atoms with Gasteiger partial charge >= 0.3 is 0 Å². The van der Waals surface area contributed by atoms with Gasteiger partial charge in [0.25, 0.3) is 0 Å². The molecule has 0 radical (unpaired) electrons.